The molecule has 1 aliphatic carbocycles. The first-order chi connectivity index (χ1) is 9.51. The van der Waals surface area contributed by atoms with E-state index in [9.17, 15) is 4.79 Å². The number of anilines is 1. The molecular formula is C16H23NO3. The summed E-state index contributed by atoms with van der Waals surface area (Å²) >= 11 is 0. The van der Waals surface area contributed by atoms with Crippen molar-refractivity contribution in [3.63, 3.8) is 0 Å². The molecule has 0 spiro atoms. The number of ether oxygens (including phenoxy) is 2. The lowest BCUT2D eigenvalue weighted by molar-refractivity contribution is -0.0148. The molecule has 110 valence electrons. The number of nitrogens with two attached hydrogens (primary N) is 1. The van der Waals surface area contributed by atoms with Crippen molar-refractivity contribution in [3.8, 4) is 0 Å². The van der Waals surface area contributed by atoms with E-state index in [0.717, 1.165) is 36.8 Å². The van der Waals surface area contributed by atoms with Gasteiger partial charge in [-0.3, -0.25) is 0 Å². The fourth-order valence-electron chi connectivity index (χ4n) is 2.79. The van der Waals surface area contributed by atoms with E-state index in [4.69, 9.17) is 15.2 Å². The van der Waals surface area contributed by atoms with E-state index in [-0.39, 0.29) is 18.2 Å². The molecule has 0 bridgehead atoms. The second-order valence-corrected chi connectivity index (χ2v) is 5.59. The fourth-order valence-corrected chi connectivity index (χ4v) is 2.79. The van der Waals surface area contributed by atoms with Gasteiger partial charge in [-0.2, -0.15) is 0 Å². The van der Waals surface area contributed by atoms with Crippen LogP contribution in [0, 0.1) is 13.8 Å². The van der Waals surface area contributed by atoms with Gasteiger partial charge in [0.1, 0.15) is 6.10 Å². The van der Waals surface area contributed by atoms with Gasteiger partial charge in [-0.15, -0.1) is 0 Å². The molecule has 20 heavy (non-hydrogen) atoms. The number of carbonyl (C=O) groups is 1. The van der Waals surface area contributed by atoms with Gasteiger partial charge in [-0.1, -0.05) is 6.07 Å². The zero-order valence-corrected chi connectivity index (χ0v) is 12.4. The molecule has 0 saturated heterocycles. The smallest absolute Gasteiger partial charge is 0.340 e. The van der Waals surface area contributed by atoms with Crippen LogP contribution in [0.3, 0.4) is 0 Å². The average Bonchev–Trinajstić information content (AvgIpc) is 2.43. The molecular weight excluding hydrogens is 254 g/mol. The Morgan fingerprint density at radius 2 is 1.95 bits per heavy atom. The Bertz CT molecular complexity index is 499. The maximum atomic E-state index is 12.3. The molecule has 4 heteroatoms. The van der Waals surface area contributed by atoms with Crippen molar-refractivity contribution in [2.75, 3.05) is 12.8 Å². The first-order valence-corrected chi connectivity index (χ1v) is 7.11. The molecule has 0 radical (unpaired) electrons. The van der Waals surface area contributed by atoms with Crippen LogP contribution < -0.4 is 5.73 Å². The Balaban J connectivity index is 2.08. The molecule has 4 nitrogen and oxygen atoms in total. The molecule has 2 unspecified atom stereocenters. The van der Waals surface area contributed by atoms with Gasteiger partial charge in [0.2, 0.25) is 0 Å². The van der Waals surface area contributed by atoms with Gasteiger partial charge in [0, 0.05) is 19.2 Å². The van der Waals surface area contributed by atoms with E-state index in [1.165, 1.54) is 0 Å². The molecule has 0 aromatic heterocycles. The summed E-state index contributed by atoms with van der Waals surface area (Å²) in [5, 5.41) is 0. The number of esters is 1. The Labute approximate surface area is 120 Å². The summed E-state index contributed by atoms with van der Waals surface area (Å²) in [5.41, 5.74) is 8.90. The second kappa shape index (κ2) is 6.27. The molecule has 1 aromatic carbocycles. The summed E-state index contributed by atoms with van der Waals surface area (Å²) in [6.45, 7) is 3.85. The average molecular weight is 277 g/mol. The third-order valence-electron chi connectivity index (χ3n) is 3.94. The van der Waals surface area contributed by atoms with Crippen LogP contribution in [0.15, 0.2) is 12.1 Å². The van der Waals surface area contributed by atoms with E-state index in [0.29, 0.717) is 11.3 Å². The molecule has 0 amide bonds. The van der Waals surface area contributed by atoms with E-state index in [1.54, 1.807) is 13.2 Å². The monoisotopic (exact) mass is 277 g/mol. The Morgan fingerprint density at radius 3 is 2.65 bits per heavy atom. The van der Waals surface area contributed by atoms with Crippen molar-refractivity contribution < 1.29 is 14.3 Å². The molecule has 2 N–H and O–H groups in total. The zero-order chi connectivity index (χ0) is 14.7. The zero-order valence-electron chi connectivity index (χ0n) is 12.4. The molecule has 2 rings (SSSR count). The predicted octanol–water partition coefficient (Wildman–Crippen LogP) is 3.00. The second-order valence-electron chi connectivity index (χ2n) is 5.59. The molecule has 2 atom stereocenters. The van der Waals surface area contributed by atoms with Crippen LogP contribution in [-0.4, -0.2) is 25.3 Å². The minimum absolute atomic E-state index is 0.0681. The molecule has 1 fully saturated rings. The third kappa shape index (κ3) is 3.31. The summed E-state index contributed by atoms with van der Waals surface area (Å²) < 4.78 is 11.0. The van der Waals surface area contributed by atoms with Gasteiger partial charge >= 0.3 is 5.97 Å². The van der Waals surface area contributed by atoms with Crippen LogP contribution in [0.1, 0.15) is 47.2 Å². The van der Waals surface area contributed by atoms with Crippen molar-refractivity contribution in [3.05, 3.63) is 28.8 Å². The van der Waals surface area contributed by atoms with Crippen LogP contribution >= 0.6 is 0 Å². The van der Waals surface area contributed by atoms with Crippen molar-refractivity contribution >= 4 is 11.7 Å². The summed E-state index contributed by atoms with van der Waals surface area (Å²) in [4.78, 5) is 12.3. The summed E-state index contributed by atoms with van der Waals surface area (Å²) in [5.74, 6) is -0.323. The van der Waals surface area contributed by atoms with E-state index in [2.05, 4.69) is 0 Å². The maximum Gasteiger partial charge on any atom is 0.340 e. The lowest BCUT2D eigenvalue weighted by Gasteiger charge is -2.28. The van der Waals surface area contributed by atoms with Gasteiger partial charge < -0.3 is 15.2 Å². The van der Waals surface area contributed by atoms with Gasteiger partial charge in [-0.25, -0.2) is 4.79 Å². The van der Waals surface area contributed by atoms with Crippen LogP contribution in [0.4, 0.5) is 5.69 Å². The Hall–Kier alpha value is -1.55. The topological polar surface area (TPSA) is 61.5 Å². The quantitative estimate of drug-likeness (QED) is 0.681. The van der Waals surface area contributed by atoms with Crippen LogP contribution in [0.25, 0.3) is 0 Å². The number of rotatable bonds is 3. The summed E-state index contributed by atoms with van der Waals surface area (Å²) in [6, 6.07) is 3.76. The highest BCUT2D eigenvalue weighted by Gasteiger charge is 2.26. The van der Waals surface area contributed by atoms with Gasteiger partial charge in [0.15, 0.2) is 0 Å². The highest BCUT2D eigenvalue weighted by molar-refractivity contribution is 5.96. The van der Waals surface area contributed by atoms with Crippen molar-refractivity contribution in [2.24, 2.45) is 0 Å². The first-order valence-electron chi connectivity index (χ1n) is 7.11. The number of nitrogen functional groups attached to an aromatic ring is 1. The summed E-state index contributed by atoms with van der Waals surface area (Å²) in [6.07, 6.45) is 3.86. The van der Waals surface area contributed by atoms with Gasteiger partial charge in [0.25, 0.3) is 0 Å². The minimum Gasteiger partial charge on any atom is -0.459 e. The lowest BCUT2D eigenvalue weighted by Crippen LogP contribution is -2.29. The molecule has 0 aliphatic heterocycles. The number of hydrogen-bond acceptors (Lipinski definition) is 4. The first kappa shape index (κ1) is 14.9. The lowest BCUT2D eigenvalue weighted by atomic mass is 9.95. The van der Waals surface area contributed by atoms with E-state index >= 15 is 0 Å². The number of benzene rings is 1. The molecule has 1 saturated carbocycles. The van der Waals surface area contributed by atoms with Crippen LogP contribution in [0.2, 0.25) is 0 Å². The molecule has 1 aromatic rings. The largest absolute Gasteiger partial charge is 0.459 e. The van der Waals surface area contributed by atoms with Crippen LogP contribution in [0.5, 0.6) is 0 Å². The van der Waals surface area contributed by atoms with Crippen molar-refractivity contribution in [2.45, 2.75) is 51.7 Å². The SMILES string of the molecule is COC1CCCC(OC(=O)c2cc(C)cc(C)c2N)C1. The standard InChI is InChI=1S/C16H23NO3/c1-10-7-11(2)15(17)14(8-10)16(18)20-13-6-4-5-12(9-13)19-3/h7-8,12-13H,4-6,9,17H2,1-3H3. The molecule has 0 heterocycles. The molecule has 1 aliphatic rings. The highest BCUT2D eigenvalue weighted by Crippen LogP contribution is 2.26. The van der Waals surface area contributed by atoms with Crippen LogP contribution in [-0.2, 0) is 9.47 Å². The number of carbonyl (C=O) groups excluding carboxylic acids is 1. The number of aryl methyl sites for hydroxylation is 2. The Morgan fingerprint density at radius 1 is 1.25 bits per heavy atom. The van der Waals surface area contributed by atoms with Crippen molar-refractivity contribution in [1.29, 1.82) is 0 Å². The highest BCUT2D eigenvalue weighted by atomic mass is 16.5. The fraction of sp³-hybridized carbons (Fsp3) is 0.562. The van der Waals surface area contributed by atoms with E-state index < -0.39 is 0 Å². The van der Waals surface area contributed by atoms with Crippen molar-refractivity contribution in [1.82, 2.24) is 0 Å². The summed E-state index contributed by atoms with van der Waals surface area (Å²) in [7, 11) is 1.71. The third-order valence-corrected chi connectivity index (χ3v) is 3.94. The normalized spacial score (nSPS) is 22.6. The number of hydrogen-bond donors (Lipinski definition) is 1. The van der Waals surface area contributed by atoms with Gasteiger partial charge in [-0.05, 0) is 50.3 Å². The number of methoxy groups -OCH3 is 1. The maximum absolute atomic E-state index is 12.3. The predicted molar refractivity (Wildman–Crippen MR) is 78.8 cm³/mol. The minimum atomic E-state index is -0.323. The Kier molecular flexibility index (Phi) is 4.65. The van der Waals surface area contributed by atoms with E-state index in [1.807, 2.05) is 19.9 Å². The van der Waals surface area contributed by atoms with Gasteiger partial charge in [0.05, 0.1) is 11.7 Å².